The van der Waals surface area contributed by atoms with Gasteiger partial charge in [0.15, 0.2) is 34.5 Å². The number of methoxy groups -OCH3 is 6. The standard InChI is InChI=1S/C30H33NO7/c1-33-23-9-7-18(13-25(23)35-3)11-12-31-30-21-17-28(38-6)27(37-5)16-20(21)14-22(32)29(30)19-8-10-24(34-2)26(15-19)36-4/h7-10,13-17,31-32H,11-12H2,1-6H3. The van der Waals surface area contributed by atoms with Crippen molar-refractivity contribution in [3.8, 4) is 51.4 Å². The van der Waals surface area contributed by atoms with E-state index in [1.54, 1.807) is 48.7 Å². The van der Waals surface area contributed by atoms with E-state index in [4.69, 9.17) is 28.4 Å². The minimum atomic E-state index is 0.116. The smallest absolute Gasteiger partial charge is 0.161 e. The molecule has 4 aromatic rings. The Morgan fingerprint density at radius 1 is 0.605 bits per heavy atom. The molecule has 0 bridgehead atoms. The normalized spacial score (nSPS) is 10.7. The second kappa shape index (κ2) is 11.7. The Labute approximate surface area is 222 Å². The van der Waals surface area contributed by atoms with E-state index in [2.05, 4.69) is 5.32 Å². The molecule has 38 heavy (non-hydrogen) atoms. The highest BCUT2D eigenvalue weighted by atomic mass is 16.5. The van der Waals surface area contributed by atoms with Crippen molar-refractivity contribution in [1.29, 1.82) is 0 Å². The fraction of sp³-hybridized carbons (Fsp3) is 0.267. The van der Waals surface area contributed by atoms with Crippen LogP contribution in [-0.4, -0.2) is 54.3 Å². The molecule has 0 unspecified atom stereocenters. The number of ether oxygens (including phenoxy) is 6. The van der Waals surface area contributed by atoms with Crippen LogP contribution in [0.1, 0.15) is 5.56 Å². The lowest BCUT2D eigenvalue weighted by Crippen LogP contribution is -2.07. The predicted molar refractivity (Wildman–Crippen MR) is 149 cm³/mol. The first kappa shape index (κ1) is 26.6. The molecule has 0 saturated carbocycles. The summed E-state index contributed by atoms with van der Waals surface area (Å²) in [5.74, 6) is 3.81. The van der Waals surface area contributed by atoms with Gasteiger partial charge in [-0.1, -0.05) is 12.1 Å². The van der Waals surface area contributed by atoms with Gasteiger partial charge < -0.3 is 38.8 Å². The summed E-state index contributed by atoms with van der Waals surface area (Å²) in [4.78, 5) is 0. The van der Waals surface area contributed by atoms with Crippen LogP contribution < -0.4 is 33.7 Å². The fourth-order valence-corrected chi connectivity index (χ4v) is 4.55. The number of phenols is 1. The Bertz CT molecular complexity index is 1430. The topological polar surface area (TPSA) is 87.6 Å². The number of hydrogen-bond acceptors (Lipinski definition) is 8. The molecule has 4 aromatic carbocycles. The van der Waals surface area contributed by atoms with Crippen LogP contribution in [0.5, 0.6) is 40.2 Å². The molecule has 0 heterocycles. The van der Waals surface area contributed by atoms with E-state index in [1.165, 1.54) is 0 Å². The highest BCUT2D eigenvalue weighted by Gasteiger charge is 2.19. The van der Waals surface area contributed by atoms with Crippen molar-refractivity contribution in [1.82, 2.24) is 0 Å². The van der Waals surface area contributed by atoms with Crippen LogP contribution in [0.4, 0.5) is 5.69 Å². The number of hydrogen-bond donors (Lipinski definition) is 2. The molecule has 0 spiro atoms. The van der Waals surface area contributed by atoms with Crippen LogP contribution in [0, 0.1) is 0 Å². The van der Waals surface area contributed by atoms with Crippen LogP contribution in [0.3, 0.4) is 0 Å². The summed E-state index contributed by atoms with van der Waals surface area (Å²) in [6.07, 6.45) is 0.705. The molecule has 0 radical (unpaired) electrons. The number of nitrogens with one attached hydrogen (secondary N) is 1. The largest absolute Gasteiger partial charge is 0.507 e. The van der Waals surface area contributed by atoms with Gasteiger partial charge >= 0.3 is 0 Å². The van der Waals surface area contributed by atoms with Gasteiger partial charge in [-0.15, -0.1) is 0 Å². The van der Waals surface area contributed by atoms with E-state index in [1.807, 2.05) is 48.5 Å². The molecule has 0 aliphatic heterocycles. The number of rotatable bonds is 11. The number of benzene rings is 4. The van der Waals surface area contributed by atoms with Crippen LogP contribution in [0.2, 0.25) is 0 Å². The van der Waals surface area contributed by atoms with Crippen molar-refractivity contribution in [3.63, 3.8) is 0 Å². The van der Waals surface area contributed by atoms with Crippen molar-refractivity contribution in [3.05, 3.63) is 60.2 Å². The van der Waals surface area contributed by atoms with Crippen molar-refractivity contribution >= 4 is 16.5 Å². The monoisotopic (exact) mass is 519 g/mol. The number of fused-ring (bicyclic) bond motifs is 1. The van der Waals surface area contributed by atoms with E-state index in [0.717, 1.165) is 27.6 Å². The summed E-state index contributed by atoms with van der Waals surface area (Å²) in [7, 11) is 9.60. The maximum absolute atomic E-state index is 11.3. The number of aromatic hydroxyl groups is 1. The summed E-state index contributed by atoms with van der Waals surface area (Å²) in [6.45, 7) is 0.586. The SMILES string of the molecule is COc1ccc(CCNc2c(-c3ccc(OC)c(OC)c3)c(O)cc3cc(OC)c(OC)cc23)cc1OC. The Kier molecular flexibility index (Phi) is 8.21. The molecule has 200 valence electrons. The molecule has 2 N–H and O–H groups in total. The van der Waals surface area contributed by atoms with E-state index in [0.29, 0.717) is 53.0 Å². The first-order valence-corrected chi connectivity index (χ1v) is 12.1. The molecular weight excluding hydrogens is 486 g/mol. The first-order valence-electron chi connectivity index (χ1n) is 12.1. The summed E-state index contributed by atoms with van der Waals surface area (Å²) in [5, 5.41) is 16.5. The van der Waals surface area contributed by atoms with E-state index in [9.17, 15) is 5.11 Å². The third kappa shape index (κ3) is 5.16. The lowest BCUT2D eigenvalue weighted by Gasteiger charge is -2.20. The molecule has 8 nitrogen and oxygen atoms in total. The predicted octanol–water partition coefficient (Wildman–Crippen LogP) is 5.92. The Morgan fingerprint density at radius 2 is 1.16 bits per heavy atom. The summed E-state index contributed by atoms with van der Waals surface area (Å²) < 4.78 is 32.8. The quantitative estimate of drug-likeness (QED) is 0.253. The molecular formula is C30H33NO7. The zero-order chi connectivity index (χ0) is 27.2. The number of phenolic OH excluding ortho intramolecular Hbond substituents is 1. The van der Waals surface area contributed by atoms with Crippen molar-refractivity contribution in [2.45, 2.75) is 6.42 Å². The molecule has 0 aromatic heterocycles. The van der Waals surface area contributed by atoms with Crippen LogP contribution >= 0.6 is 0 Å². The maximum Gasteiger partial charge on any atom is 0.161 e. The fourth-order valence-electron chi connectivity index (χ4n) is 4.55. The third-order valence-corrected chi connectivity index (χ3v) is 6.46. The van der Waals surface area contributed by atoms with E-state index < -0.39 is 0 Å². The molecule has 0 fully saturated rings. The highest BCUT2D eigenvalue weighted by molar-refractivity contribution is 6.05. The van der Waals surface area contributed by atoms with Gasteiger partial charge in [-0.2, -0.15) is 0 Å². The van der Waals surface area contributed by atoms with Crippen LogP contribution in [-0.2, 0) is 6.42 Å². The lowest BCUT2D eigenvalue weighted by molar-refractivity contribution is 0.354. The van der Waals surface area contributed by atoms with E-state index >= 15 is 0 Å². The van der Waals surface area contributed by atoms with Crippen molar-refractivity contribution < 1.29 is 33.5 Å². The zero-order valence-corrected chi connectivity index (χ0v) is 22.5. The van der Waals surface area contributed by atoms with Gasteiger partial charge in [0.25, 0.3) is 0 Å². The zero-order valence-electron chi connectivity index (χ0n) is 22.5. The second-order valence-electron chi connectivity index (χ2n) is 8.51. The Balaban J connectivity index is 1.81. The minimum absolute atomic E-state index is 0.116. The van der Waals surface area contributed by atoms with Crippen molar-refractivity contribution in [2.75, 3.05) is 54.5 Å². The average molecular weight is 520 g/mol. The van der Waals surface area contributed by atoms with Gasteiger partial charge in [-0.3, -0.25) is 0 Å². The summed E-state index contributed by atoms with van der Waals surface area (Å²) >= 11 is 0. The van der Waals surface area contributed by atoms with Crippen molar-refractivity contribution in [2.24, 2.45) is 0 Å². The van der Waals surface area contributed by atoms with Gasteiger partial charge in [0.2, 0.25) is 0 Å². The molecule has 0 aliphatic carbocycles. The first-order chi connectivity index (χ1) is 18.5. The molecule has 4 rings (SSSR count). The molecule has 0 saturated heterocycles. The molecule has 0 amide bonds. The molecule has 0 atom stereocenters. The second-order valence-corrected chi connectivity index (χ2v) is 8.51. The van der Waals surface area contributed by atoms with Gasteiger partial charge in [0.1, 0.15) is 5.75 Å². The molecule has 0 aliphatic rings. The minimum Gasteiger partial charge on any atom is -0.507 e. The Hall–Kier alpha value is -4.46. The van der Waals surface area contributed by atoms with Gasteiger partial charge in [-0.25, -0.2) is 0 Å². The third-order valence-electron chi connectivity index (χ3n) is 6.46. The van der Waals surface area contributed by atoms with Crippen LogP contribution in [0.25, 0.3) is 21.9 Å². The lowest BCUT2D eigenvalue weighted by atomic mass is 9.96. The van der Waals surface area contributed by atoms with Crippen LogP contribution in [0.15, 0.2) is 54.6 Å². The Morgan fingerprint density at radius 3 is 1.79 bits per heavy atom. The van der Waals surface area contributed by atoms with Gasteiger partial charge in [0, 0.05) is 17.5 Å². The average Bonchev–Trinajstić information content (AvgIpc) is 2.95. The highest BCUT2D eigenvalue weighted by Crippen LogP contribution is 2.46. The van der Waals surface area contributed by atoms with Gasteiger partial charge in [0.05, 0.1) is 48.3 Å². The van der Waals surface area contributed by atoms with E-state index in [-0.39, 0.29) is 5.75 Å². The van der Waals surface area contributed by atoms with Gasteiger partial charge in [-0.05, 0) is 65.4 Å². The molecule has 8 heteroatoms. The maximum atomic E-state index is 11.3. The summed E-state index contributed by atoms with van der Waals surface area (Å²) in [5.41, 5.74) is 3.24. The summed E-state index contributed by atoms with van der Waals surface area (Å²) in [6, 6.07) is 16.9. The number of anilines is 1.